The number of hydrogen-bond donors (Lipinski definition) is 1. The molecule has 2 nitrogen and oxygen atoms in total. The van der Waals surface area contributed by atoms with Gasteiger partial charge in [-0.3, -0.25) is 0 Å². The second-order valence-corrected chi connectivity index (χ2v) is 4.77. The summed E-state index contributed by atoms with van der Waals surface area (Å²) in [6, 6.07) is 5.79. The van der Waals surface area contributed by atoms with E-state index in [-0.39, 0.29) is 11.9 Å². The van der Waals surface area contributed by atoms with Crippen LogP contribution in [-0.4, -0.2) is 20.1 Å². The first-order valence-corrected chi connectivity index (χ1v) is 6.44. The normalized spacial score (nSPS) is 18.2. The maximum atomic E-state index is 14.1. The van der Waals surface area contributed by atoms with Gasteiger partial charge in [-0.1, -0.05) is 6.07 Å². The summed E-state index contributed by atoms with van der Waals surface area (Å²) in [5.74, 6) is -0.0912. The molecule has 1 aromatic carbocycles. The summed E-state index contributed by atoms with van der Waals surface area (Å²) in [6.45, 7) is 4.00. The molecule has 0 radical (unpaired) electrons. The number of hydrogen-bond acceptors (Lipinski definition) is 2. The van der Waals surface area contributed by atoms with Crippen LogP contribution >= 0.6 is 0 Å². The van der Waals surface area contributed by atoms with E-state index in [0.29, 0.717) is 0 Å². The van der Waals surface area contributed by atoms with Crippen LogP contribution in [0, 0.1) is 5.82 Å². The summed E-state index contributed by atoms with van der Waals surface area (Å²) in [5, 5.41) is 3.13. The van der Waals surface area contributed by atoms with Crippen molar-refractivity contribution in [2.45, 2.75) is 32.2 Å². The lowest BCUT2D eigenvalue weighted by atomic mass is 10.1. The molecule has 0 spiro atoms. The second kappa shape index (κ2) is 5.50. The Hall–Kier alpha value is -1.09. The topological polar surface area (TPSA) is 15.3 Å². The Balaban J connectivity index is 2.18. The first-order chi connectivity index (χ1) is 8.22. The fourth-order valence-electron chi connectivity index (χ4n) is 2.35. The molecule has 1 fully saturated rings. The largest absolute Gasteiger partial charge is 0.369 e. The third-order valence-corrected chi connectivity index (χ3v) is 3.60. The van der Waals surface area contributed by atoms with Crippen LogP contribution in [0.1, 0.15) is 37.8 Å². The van der Waals surface area contributed by atoms with Crippen molar-refractivity contribution in [3.8, 4) is 0 Å². The number of halogens is 1. The highest BCUT2D eigenvalue weighted by Crippen LogP contribution is 2.25. The maximum absolute atomic E-state index is 14.1. The third kappa shape index (κ3) is 2.78. The van der Waals surface area contributed by atoms with E-state index >= 15 is 0 Å². The summed E-state index contributed by atoms with van der Waals surface area (Å²) in [6.07, 6.45) is 3.62. The lowest BCUT2D eigenvalue weighted by Crippen LogP contribution is -2.30. The van der Waals surface area contributed by atoms with Gasteiger partial charge in [0, 0.05) is 19.1 Å². The highest BCUT2D eigenvalue weighted by Gasteiger charge is 2.15. The van der Waals surface area contributed by atoms with E-state index in [0.717, 1.165) is 24.3 Å². The predicted molar refractivity (Wildman–Crippen MR) is 69.9 cm³/mol. The van der Waals surface area contributed by atoms with Gasteiger partial charge in [0.2, 0.25) is 0 Å². The van der Waals surface area contributed by atoms with Crippen molar-refractivity contribution >= 4 is 5.69 Å². The van der Waals surface area contributed by atoms with Crippen LogP contribution in [0.3, 0.4) is 0 Å². The third-order valence-electron chi connectivity index (χ3n) is 3.60. The molecule has 1 N–H and O–H groups in total. The summed E-state index contributed by atoms with van der Waals surface area (Å²) >= 11 is 0. The summed E-state index contributed by atoms with van der Waals surface area (Å²) < 4.78 is 14.1. The fourth-order valence-corrected chi connectivity index (χ4v) is 2.35. The van der Waals surface area contributed by atoms with Crippen LogP contribution in [0.2, 0.25) is 0 Å². The average Bonchev–Trinajstić information content (AvgIpc) is 2.38. The molecule has 1 aliphatic heterocycles. The Morgan fingerprint density at radius 1 is 1.24 bits per heavy atom. The van der Waals surface area contributed by atoms with Gasteiger partial charge in [0.05, 0.1) is 5.69 Å². The van der Waals surface area contributed by atoms with Gasteiger partial charge in [0.15, 0.2) is 0 Å². The van der Waals surface area contributed by atoms with Crippen molar-refractivity contribution in [2.24, 2.45) is 0 Å². The van der Waals surface area contributed by atoms with Crippen LogP contribution in [0.15, 0.2) is 18.2 Å². The van der Waals surface area contributed by atoms with Gasteiger partial charge in [0.25, 0.3) is 0 Å². The first kappa shape index (κ1) is 12.4. The van der Waals surface area contributed by atoms with Crippen molar-refractivity contribution in [3.63, 3.8) is 0 Å². The highest BCUT2D eigenvalue weighted by molar-refractivity contribution is 5.49. The summed E-state index contributed by atoms with van der Waals surface area (Å²) in [7, 11) is 1.89. The van der Waals surface area contributed by atoms with Gasteiger partial charge < -0.3 is 10.2 Å². The molecule has 1 heterocycles. The maximum Gasteiger partial charge on any atom is 0.146 e. The molecular weight excluding hydrogens is 215 g/mol. The van der Waals surface area contributed by atoms with Crippen molar-refractivity contribution in [2.75, 3.05) is 25.0 Å². The van der Waals surface area contributed by atoms with E-state index < -0.39 is 0 Å². The minimum Gasteiger partial charge on any atom is -0.369 e. The molecule has 0 aromatic heterocycles. The van der Waals surface area contributed by atoms with Gasteiger partial charge in [-0.25, -0.2) is 4.39 Å². The number of benzene rings is 1. The van der Waals surface area contributed by atoms with E-state index in [4.69, 9.17) is 0 Å². The SMILES string of the molecule is CNC(C)c1ccc(N2CCCCC2)c(F)c1. The van der Waals surface area contributed by atoms with Gasteiger partial charge in [-0.2, -0.15) is 0 Å². The molecule has 17 heavy (non-hydrogen) atoms. The molecule has 0 aliphatic carbocycles. The highest BCUT2D eigenvalue weighted by atomic mass is 19.1. The molecule has 0 bridgehead atoms. The number of rotatable bonds is 3. The molecule has 94 valence electrons. The lowest BCUT2D eigenvalue weighted by molar-refractivity contribution is 0.554. The first-order valence-electron chi connectivity index (χ1n) is 6.44. The monoisotopic (exact) mass is 236 g/mol. The molecule has 3 heteroatoms. The molecule has 1 aromatic rings. The smallest absolute Gasteiger partial charge is 0.146 e. The number of piperidine rings is 1. The average molecular weight is 236 g/mol. The Kier molecular flexibility index (Phi) is 4.00. The Bertz CT molecular complexity index is 372. The van der Waals surface area contributed by atoms with Gasteiger partial charge in [0.1, 0.15) is 5.82 Å². The van der Waals surface area contributed by atoms with Gasteiger partial charge in [-0.15, -0.1) is 0 Å². The summed E-state index contributed by atoms with van der Waals surface area (Å²) in [5.41, 5.74) is 1.77. The number of nitrogens with one attached hydrogen (secondary N) is 1. The van der Waals surface area contributed by atoms with Crippen LogP contribution in [-0.2, 0) is 0 Å². The standard InChI is InChI=1S/C14H21FN2/c1-11(16-2)12-6-7-14(13(15)10-12)17-8-4-3-5-9-17/h6-7,10-11,16H,3-5,8-9H2,1-2H3. The number of anilines is 1. The van der Waals surface area contributed by atoms with Crippen molar-refractivity contribution < 1.29 is 4.39 Å². The van der Waals surface area contributed by atoms with Gasteiger partial charge in [-0.05, 0) is 50.9 Å². The Labute approximate surface area is 103 Å². The quantitative estimate of drug-likeness (QED) is 0.867. The molecule has 1 unspecified atom stereocenters. The Morgan fingerprint density at radius 3 is 2.53 bits per heavy atom. The number of nitrogens with zero attached hydrogens (tertiary/aromatic N) is 1. The van der Waals surface area contributed by atoms with Gasteiger partial charge >= 0.3 is 0 Å². The van der Waals surface area contributed by atoms with E-state index in [9.17, 15) is 4.39 Å². The Morgan fingerprint density at radius 2 is 1.94 bits per heavy atom. The predicted octanol–water partition coefficient (Wildman–Crippen LogP) is 3.10. The lowest BCUT2D eigenvalue weighted by Gasteiger charge is -2.29. The molecule has 2 rings (SSSR count). The zero-order valence-electron chi connectivity index (χ0n) is 10.7. The van der Waals surface area contributed by atoms with E-state index in [1.165, 1.54) is 19.3 Å². The van der Waals surface area contributed by atoms with Crippen LogP contribution in [0.5, 0.6) is 0 Å². The van der Waals surface area contributed by atoms with Crippen LogP contribution < -0.4 is 10.2 Å². The van der Waals surface area contributed by atoms with E-state index in [1.807, 2.05) is 26.1 Å². The minimum atomic E-state index is -0.0912. The second-order valence-electron chi connectivity index (χ2n) is 4.77. The zero-order chi connectivity index (χ0) is 12.3. The summed E-state index contributed by atoms with van der Waals surface area (Å²) in [4.78, 5) is 2.16. The van der Waals surface area contributed by atoms with E-state index in [1.54, 1.807) is 6.07 Å². The van der Waals surface area contributed by atoms with Crippen molar-refractivity contribution in [1.82, 2.24) is 5.32 Å². The molecule has 1 aliphatic rings. The molecule has 0 saturated carbocycles. The fraction of sp³-hybridized carbons (Fsp3) is 0.571. The molecule has 1 atom stereocenters. The molecule has 1 saturated heterocycles. The molecule has 0 amide bonds. The van der Waals surface area contributed by atoms with Crippen molar-refractivity contribution in [3.05, 3.63) is 29.6 Å². The molecular formula is C14H21FN2. The van der Waals surface area contributed by atoms with Crippen LogP contribution in [0.25, 0.3) is 0 Å². The zero-order valence-corrected chi connectivity index (χ0v) is 10.7. The van der Waals surface area contributed by atoms with E-state index in [2.05, 4.69) is 10.2 Å². The minimum absolute atomic E-state index is 0.0912. The van der Waals surface area contributed by atoms with Crippen LogP contribution in [0.4, 0.5) is 10.1 Å². The van der Waals surface area contributed by atoms with Crippen molar-refractivity contribution in [1.29, 1.82) is 0 Å².